The number of anilines is 1. The van der Waals surface area contributed by atoms with E-state index in [1.54, 1.807) is 6.20 Å². The quantitative estimate of drug-likeness (QED) is 0.903. The van der Waals surface area contributed by atoms with Crippen molar-refractivity contribution in [2.45, 2.75) is 45.4 Å². The molecular weight excluding hydrogens is 262 g/mol. The minimum Gasteiger partial charge on any atom is -0.369 e. The molecule has 1 saturated carbocycles. The third-order valence-corrected chi connectivity index (χ3v) is 4.18. The topological polar surface area (TPSA) is 49.0 Å². The molecular formula is C14H22ClN3O. The Morgan fingerprint density at radius 1 is 1.42 bits per heavy atom. The molecule has 1 fully saturated rings. The van der Waals surface area contributed by atoms with Crippen molar-refractivity contribution in [3.63, 3.8) is 0 Å². The Bertz CT molecular complexity index is 454. The van der Waals surface area contributed by atoms with Crippen molar-refractivity contribution in [2.75, 3.05) is 18.0 Å². The summed E-state index contributed by atoms with van der Waals surface area (Å²) in [6.45, 7) is 4.04. The first-order chi connectivity index (χ1) is 9.22. The average molecular weight is 284 g/mol. The summed E-state index contributed by atoms with van der Waals surface area (Å²) >= 11 is 6.12. The molecule has 1 heterocycles. The number of aromatic amines is 1. The molecule has 0 amide bonds. The summed E-state index contributed by atoms with van der Waals surface area (Å²) < 4.78 is 0. The molecule has 19 heavy (non-hydrogen) atoms. The van der Waals surface area contributed by atoms with Crippen LogP contribution in [-0.2, 0) is 0 Å². The highest BCUT2D eigenvalue weighted by atomic mass is 35.5. The maximum Gasteiger partial charge on any atom is 0.285 e. The van der Waals surface area contributed by atoms with E-state index in [1.807, 2.05) is 0 Å². The summed E-state index contributed by atoms with van der Waals surface area (Å²) in [5, 5.41) is 6.52. The van der Waals surface area contributed by atoms with Gasteiger partial charge >= 0.3 is 0 Å². The van der Waals surface area contributed by atoms with E-state index < -0.39 is 0 Å². The van der Waals surface area contributed by atoms with Gasteiger partial charge in [0, 0.05) is 13.1 Å². The molecule has 106 valence electrons. The van der Waals surface area contributed by atoms with Crippen molar-refractivity contribution in [3.8, 4) is 0 Å². The van der Waals surface area contributed by atoms with Crippen molar-refractivity contribution in [1.29, 1.82) is 0 Å². The zero-order valence-corrected chi connectivity index (χ0v) is 12.2. The van der Waals surface area contributed by atoms with Crippen LogP contribution in [0.3, 0.4) is 0 Å². The highest BCUT2D eigenvalue weighted by molar-refractivity contribution is 6.32. The molecule has 0 radical (unpaired) electrons. The van der Waals surface area contributed by atoms with E-state index in [0.29, 0.717) is 0 Å². The number of halogens is 1. The van der Waals surface area contributed by atoms with Crippen LogP contribution in [0.1, 0.15) is 45.4 Å². The lowest BCUT2D eigenvalue weighted by Gasteiger charge is -2.31. The summed E-state index contributed by atoms with van der Waals surface area (Å²) in [5.41, 5.74) is 0.474. The van der Waals surface area contributed by atoms with Crippen LogP contribution in [0.5, 0.6) is 0 Å². The van der Waals surface area contributed by atoms with E-state index in [1.165, 1.54) is 32.1 Å². The van der Waals surface area contributed by atoms with E-state index in [2.05, 4.69) is 22.0 Å². The summed E-state index contributed by atoms with van der Waals surface area (Å²) in [4.78, 5) is 13.8. The Labute approximate surface area is 119 Å². The van der Waals surface area contributed by atoms with Crippen LogP contribution >= 0.6 is 11.6 Å². The molecule has 1 aromatic rings. The number of hydrogen-bond acceptors (Lipinski definition) is 3. The van der Waals surface area contributed by atoms with Gasteiger partial charge in [-0.1, -0.05) is 37.8 Å². The second kappa shape index (κ2) is 6.94. The molecule has 5 heteroatoms. The lowest BCUT2D eigenvalue weighted by atomic mass is 9.89. The van der Waals surface area contributed by atoms with Crippen molar-refractivity contribution < 1.29 is 0 Å². The second-order valence-electron chi connectivity index (χ2n) is 5.35. The van der Waals surface area contributed by atoms with Gasteiger partial charge in [-0.15, -0.1) is 0 Å². The average Bonchev–Trinajstić information content (AvgIpc) is 2.43. The van der Waals surface area contributed by atoms with Gasteiger partial charge in [0.25, 0.3) is 5.56 Å². The van der Waals surface area contributed by atoms with Gasteiger partial charge in [-0.2, -0.15) is 5.10 Å². The summed E-state index contributed by atoms with van der Waals surface area (Å²) in [7, 11) is 0. The molecule has 4 nitrogen and oxygen atoms in total. The van der Waals surface area contributed by atoms with Gasteiger partial charge in [-0.25, -0.2) is 5.10 Å². The molecule has 0 saturated heterocycles. The predicted molar refractivity (Wildman–Crippen MR) is 78.9 cm³/mol. The fraction of sp³-hybridized carbons (Fsp3) is 0.714. The molecule has 1 N–H and O–H groups in total. The van der Waals surface area contributed by atoms with Gasteiger partial charge in [-0.3, -0.25) is 4.79 Å². The maximum absolute atomic E-state index is 11.6. The number of nitrogens with zero attached hydrogens (tertiary/aromatic N) is 2. The zero-order valence-electron chi connectivity index (χ0n) is 11.5. The van der Waals surface area contributed by atoms with E-state index in [0.717, 1.165) is 31.1 Å². The van der Waals surface area contributed by atoms with Crippen LogP contribution in [0.15, 0.2) is 11.0 Å². The van der Waals surface area contributed by atoms with Gasteiger partial charge in [0.05, 0.1) is 11.9 Å². The Hall–Kier alpha value is -1.03. The molecule has 1 aromatic heterocycles. The molecule has 0 aliphatic heterocycles. The number of nitrogens with one attached hydrogen (secondary N) is 1. The Kier molecular flexibility index (Phi) is 5.25. The standard InChI is InChI=1S/C14H22ClN3O/c1-2-8-18(10-11-6-4-3-5-7-11)12-9-16-17-14(19)13(12)15/h9,11H,2-8,10H2,1H3,(H,17,19). The van der Waals surface area contributed by atoms with Gasteiger partial charge in [0.2, 0.25) is 0 Å². The lowest BCUT2D eigenvalue weighted by Crippen LogP contribution is -2.32. The molecule has 0 aromatic carbocycles. The fourth-order valence-corrected chi connectivity index (χ4v) is 3.07. The Morgan fingerprint density at radius 3 is 2.84 bits per heavy atom. The minimum atomic E-state index is -0.302. The van der Waals surface area contributed by atoms with Crippen LogP contribution < -0.4 is 10.5 Å². The smallest absolute Gasteiger partial charge is 0.285 e. The Morgan fingerprint density at radius 2 is 2.16 bits per heavy atom. The highest BCUT2D eigenvalue weighted by Gasteiger charge is 2.19. The zero-order chi connectivity index (χ0) is 13.7. The summed E-state index contributed by atoms with van der Waals surface area (Å²) in [6.07, 6.45) is 9.29. The van der Waals surface area contributed by atoms with E-state index in [9.17, 15) is 4.79 Å². The SMILES string of the molecule is CCCN(CC1CCCCC1)c1cn[nH]c(=O)c1Cl. The monoisotopic (exact) mass is 283 g/mol. The second-order valence-corrected chi connectivity index (χ2v) is 5.73. The van der Waals surface area contributed by atoms with Gasteiger partial charge in [0.15, 0.2) is 0 Å². The molecule has 2 rings (SSSR count). The van der Waals surface area contributed by atoms with Crippen LogP contribution in [0.2, 0.25) is 5.02 Å². The third kappa shape index (κ3) is 3.72. The van der Waals surface area contributed by atoms with Crippen molar-refractivity contribution in [3.05, 3.63) is 21.6 Å². The molecule has 1 aliphatic rings. The van der Waals surface area contributed by atoms with E-state index >= 15 is 0 Å². The molecule has 0 atom stereocenters. The Balaban J connectivity index is 2.14. The normalized spacial score (nSPS) is 16.5. The van der Waals surface area contributed by atoms with Crippen LogP contribution in [0, 0.1) is 5.92 Å². The first-order valence-electron chi connectivity index (χ1n) is 7.20. The molecule has 1 aliphatic carbocycles. The number of rotatable bonds is 5. The van der Waals surface area contributed by atoms with Gasteiger partial charge in [0.1, 0.15) is 5.02 Å². The van der Waals surface area contributed by atoms with Crippen molar-refractivity contribution >= 4 is 17.3 Å². The first-order valence-corrected chi connectivity index (χ1v) is 7.58. The molecule has 0 spiro atoms. The fourth-order valence-electron chi connectivity index (χ4n) is 2.86. The molecule has 0 bridgehead atoms. The van der Waals surface area contributed by atoms with Crippen molar-refractivity contribution in [2.24, 2.45) is 5.92 Å². The van der Waals surface area contributed by atoms with Crippen LogP contribution in [0.4, 0.5) is 5.69 Å². The van der Waals surface area contributed by atoms with Gasteiger partial charge in [-0.05, 0) is 25.2 Å². The third-order valence-electron chi connectivity index (χ3n) is 3.81. The largest absolute Gasteiger partial charge is 0.369 e. The first kappa shape index (κ1) is 14.4. The van der Waals surface area contributed by atoms with E-state index in [4.69, 9.17) is 11.6 Å². The van der Waals surface area contributed by atoms with Crippen molar-refractivity contribution in [1.82, 2.24) is 10.2 Å². The molecule has 0 unspecified atom stereocenters. The van der Waals surface area contributed by atoms with Crippen LogP contribution in [-0.4, -0.2) is 23.3 Å². The highest BCUT2D eigenvalue weighted by Crippen LogP contribution is 2.28. The van der Waals surface area contributed by atoms with E-state index in [-0.39, 0.29) is 10.6 Å². The van der Waals surface area contributed by atoms with Crippen LogP contribution in [0.25, 0.3) is 0 Å². The van der Waals surface area contributed by atoms with Gasteiger partial charge < -0.3 is 4.90 Å². The summed E-state index contributed by atoms with van der Waals surface area (Å²) in [5.74, 6) is 0.718. The maximum atomic E-state index is 11.6. The number of H-pyrrole nitrogens is 1. The lowest BCUT2D eigenvalue weighted by molar-refractivity contribution is 0.358. The summed E-state index contributed by atoms with van der Waals surface area (Å²) in [6, 6.07) is 0. The minimum absolute atomic E-state index is 0.263. The number of hydrogen-bond donors (Lipinski definition) is 1. The predicted octanol–water partition coefficient (Wildman–Crippen LogP) is 3.22. The number of aromatic nitrogens is 2.